The van der Waals surface area contributed by atoms with Gasteiger partial charge in [-0.05, 0) is 48.5 Å². The van der Waals surface area contributed by atoms with Crippen molar-refractivity contribution in [3.63, 3.8) is 0 Å². The monoisotopic (exact) mass is 322 g/mol. The lowest BCUT2D eigenvalue weighted by Crippen LogP contribution is -2.23. The van der Waals surface area contributed by atoms with Crippen molar-refractivity contribution < 1.29 is 0 Å². The van der Waals surface area contributed by atoms with Crippen LogP contribution >= 0.6 is 0 Å². The second-order valence-corrected chi connectivity index (χ2v) is 5.74. The molecule has 24 heavy (non-hydrogen) atoms. The summed E-state index contributed by atoms with van der Waals surface area (Å²) in [6.45, 7) is 0. The Bertz CT molecular complexity index is 849. The Labute approximate surface area is 141 Å². The third-order valence-electron chi connectivity index (χ3n) is 3.96. The zero-order chi connectivity index (χ0) is 17.1. The van der Waals surface area contributed by atoms with Gasteiger partial charge in [-0.1, -0.05) is 0 Å². The first kappa shape index (κ1) is 15.7. The fourth-order valence-electron chi connectivity index (χ4n) is 2.46. The molecule has 0 fully saturated rings. The van der Waals surface area contributed by atoms with Crippen molar-refractivity contribution >= 4 is 22.7 Å². The number of anilines is 4. The average Bonchev–Trinajstić information content (AvgIpc) is 2.92. The van der Waals surface area contributed by atoms with E-state index in [1.165, 1.54) is 0 Å². The van der Waals surface area contributed by atoms with Gasteiger partial charge in [-0.3, -0.25) is 5.43 Å². The molecule has 0 atom stereocenters. The summed E-state index contributed by atoms with van der Waals surface area (Å²) >= 11 is 0. The molecule has 2 aromatic carbocycles. The molecular weight excluding hydrogens is 300 g/mol. The van der Waals surface area contributed by atoms with Gasteiger partial charge in [-0.2, -0.15) is 0 Å². The molecule has 0 aliphatic carbocycles. The van der Waals surface area contributed by atoms with Crippen LogP contribution in [0.1, 0.15) is 0 Å². The molecule has 3 aromatic rings. The van der Waals surface area contributed by atoms with Gasteiger partial charge in [0.1, 0.15) is 0 Å². The van der Waals surface area contributed by atoms with E-state index in [1.807, 2.05) is 79.1 Å². The SMILES string of the molecule is CN(c1ccc(N)cc1)c1ccc(NN=c2n(C)ccn2C)cc1. The molecule has 0 saturated carbocycles. The van der Waals surface area contributed by atoms with Crippen molar-refractivity contribution in [3.8, 4) is 0 Å². The highest BCUT2D eigenvalue weighted by Crippen LogP contribution is 2.25. The lowest BCUT2D eigenvalue weighted by Gasteiger charge is -2.19. The number of hydrogen-bond donors (Lipinski definition) is 2. The largest absolute Gasteiger partial charge is 0.399 e. The molecule has 1 heterocycles. The third-order valence-corrected chi connectivity index (χ3v) is 3.96. The number of hydrogen-bond acceptors (Lipinski definition) is 4. The van der Waals surface area contributed by atoms with Crippen molar-refractivity contribution in [1.29, 1.82) is 0 Å². The number of nitrogen functional groups attached to an aromatic ring is 1. The first-order valence-corrected chi connectivity index (χ1v) is 7.71. The molecule has 0 radical (unpaired) electrons. The van der Waals surface area contributed by atoms with Crippen molar-refractivity contribution in [2.24, 2.45) is 19.2 Å². The van der Waals surface area contributed by atoms with E-state index in [2.05, 4.69) is 27.6 Å². The molecule has 0 aliphatic heterocycles. The first-order valence-electron chi connectivity index (χ1n) is 7.71. The lowest BCUT2D eigenvalue weighted by molar-refractivity contribution is 0.736. The molecule has 3 N–H and O–H groups in total. The van der Waals surface area contributed by atoms with E-state index in [9.17, 15) is 0 Å². The number of rotatable bonds is 4. The molecule has 0 bridgehead atoms. The minimum atomic E-state index is 0.766. The number of imidazole rings is 1. The topological polar surface area (TPSA) is 63.5 Å². The Kier molecular flexibility index (Phi) is 4.29. The van der Waals surface area contributed by atoms with Gasteiger partial charge in [0, 0.05) is 50.6 Å². The van der Waals surface area contributed by atoms with Crippen LogP contribution in [0.2, 0.25) is 0 Å². The van der Waals surface area contributed by atoms with Crippen molar-refractivity contribution in [2.45, 2.75) is 0 Å². The van der Waals surface area contributed by atoms with Crippen molar-refractivity contribution in [2.75, 3.05) is 23.1 Å². The highest BCUT2D eigenvalue weighted by atomic mass is 15.3. The van der Waals surface area contributed by atoms with Crippen molar-refractivity contribution in [1.82, 2.24) is 9.13 Å². The highest BCUT2D eigenvalue weighted by molar-refractivity contribution is 5.66. The maximum Gasteiger partial charge on any atom is 0.226 e. The van der Waals surface area contributed by atoms with Crippen LogP contribution < -0.4 is 21.7 Å². The van der Waals surface area contributed by atoms with Crippen LogP contribution in [0.15, 0.2) is 66.0 Å². The molecule has 0 unspecified atom stereocenters. The molecule has 0 saturated heterocycles. The van der Waals surface area contributed by atoms with Gasteiger partial charge in [0.2, 0.25) is 5.62 Å². The normalized spacial score (nSPS) is 10.5. The van der Waals surface area contributed by atoms with Crippen LogP contribution in [0, 0.1) is 0 Å². The number of nitrogens with two attached hydrogens (primary N) is 1. The van der Waals surface area contributed by atoms with Gasteiger partial charge >= 0.3 is 0 Å². The summed E-state index contributed by atoms with van der Waals surface area (Å²) in [6.07, 6.45) is 3.93. The first-order chi connectivity index (χ1) is 11.5. The average molecular weight is 322 g/mol. The van der Waals surface area contributed by atoms with Crippen LogP contribution in [0.5, 0.6) is 0 Å². The molecule has 6 heteroatoms. The van der Waals surface area contributed by atoms with Gasteiger partial charge in [-0.15, -0.1) is 5.10 Å². The minimum absolute atomic E-state index is 0.766. The standard InChI is InChI=1S/C18H22N6/c1-22-12-13-23(2)18(22)21-20-15-6-10-17(11-7-15)24(3)16-8-4-14(19)5-9-16/h4-13,20H,19H2,1-3H3. The maximum atomic E-state index is 5.74. The minimum Gasteiger partial charge on any atom is -0.399 e. The van der Waals surface area contributed by atoms with E-state index in [1.54, 1.807) is 0 Å². The number of aromatic nitrogens is 2. The Morgan fingerprint density at radius 2 is 1.38 bits per heavy atom. The second kappa shape index (κ2) is 6.54. The molecular formula is C18H22N6. The van der Waals surface area contributed by atoms with Crippen LogP contribution in [0.3, 0.4) is 0 Å². The van der Waals surface area contributed by atoms with E-state index >= 15 is 0 Å². The van der Waals surface area contributed by atoms with Gasteiger partial charge in [-0.25, -0.2) is 0 Å². The summed E-state index contributed by atoms with van der Waals surface area (Å²) in [4.78, 5) is 2.11. The molecule has 6 nitrogen and oxygen atoms in total. The fraction of sp³-hybridized carbons (Fsp3) is 0.167. The summed E-state index contributed by atoms with van der Waals surface area (Å²) in [7, 11) is 5.96. The Morgan fingerprint density at radius 1 is 0.875 bits per heavy atom. The van der Waals surface area contributed by atoms with Gasteiger partial charge < -0.3 is 19.8 Å². The van der Waals surface area contributed by atoms with E-state index in [0.29, 0.717) is 0 Å². The second-order valence-electron chi connectivity index (χ2n) is 5.74. The quantitative estimate of drug-likeness (QED) is 0.573. The predicted molar refractivity (Wildman–Crippen MR) is 98.9 cm³/mol. The lowest BCUT2D eigenvalue weighted by atomic mass is 10.2. The van der Waals surface area contributed by atoms with Gasteiger partial charge in [0.25, 0.3) is 0 Å². The smallest absolute Gasteiger partial charge is 0.226 e. The molecule has 0 spiro atoms. The molecule has 3 rings (SSSR count). The van der Waals surface area contributed by atoms with Crippen molar-refractivity contribution in [3.05, 3.63) is 66.5 Å². The molecule has 124 valence electrons. The van der Waals surface area contributed by atoms with Crippen LogP contribution in [-0.4, -0.2) is 16.2 Å². The van der Waals surface area contributed by atoms with E-state index < -0.39 is 0 Å². The summed E-state index contributed by atoms with van der Waals surface area (Å²) in [6, 6.07) is 15.9. The number of nitrogens with one attached hydrogen (secondary N) is 1. The maximum absolute atomic E-state index is 5.74. The zero-order valence-electron chi connectivity index (χ0n) is 14.1. The summed E-state index contributed by atoms with van der Waals surface area (Å²) in [5.74, 6) is 0. The van der Waals surface area contributed by atoms with E-state index in [-0.39, 0.29) is 0 Å². The highest BCUT2D eigenvalue weighted by Gasteiger charge is 2.03. The summed E-state index contributed by atoms with van der Waals surface area (Å²) < 4.78 is 3.91. The van der Waals surface area contributed by atoms with Gasteiger partial charge in [0.15, 0.2) is 0 Å². The Balaban J connectivity index is 1.76. The summed E-state index contributed by atoms with van der Waals surface area (Å²) in [5.41, 5.74) is 13.6. The van der Waals surface area contributed by atoms with E-state index in [4.69, 9.17) is 5.73 Å². The Morgan fingerprint density at radius 3 is 1.92 bits per heavy atom. The van der Waals surface area contributed by atoms with Crippen LogP contribution in [0.25, 0.3) is 0 Å². The van der Waals surface area contributed by atoms with Crippen LogP contribution in [0.4, 0.5) is 22.7 Å². The fourth-order valence-corrected chi connectivity index (χ4v) is 2.46. The third kappa shape index (κ3) is 3.27. The number of nitrogens with zero attached hydrogens (tertiary/aromatic N) is 4. The molecule has 0 amide bonds. The predicted octanol–water partition coefficient (Wildman–Crippen LogP) is 2.64. The van der Waals surface area contributed by atoms with Gasteiger partial charge in [0.05, 0.1) is 5.69 Å². The molecule has 1 aromatic heterocycles. The summed E-state index contributed by atoms with van der Waals surface area (Å²) in [5, 5.41) is 4.43. The van der Waals surface area contributed by atoms with E-state index in [0.717, 1.165) is 28.4 Å². The molecule has 0 aliphatic rings. The van der Waals surface area contributed by atoms with Crippen LogP contribution in [-0.2, 0) is 14.1 Å². The number of aryl methyl sites for hydroxylation is 2. The Hall–Kier alpha value is -3.15. The number of benzene rings is 2. The zero-order valence-corrected chi connectivity index (χ0v) is 14.1.